The molecule has 2 rings (SSSR count). The summed E-state index contributed by atoms with van der Waals surface area (Å²) in [6.45, 7) is 3.86. The number of piperidine rings is 1. The zero-order chi connectivity index (χ0) is 14.0. The zero-order valence-corrected chi connectivity index (χ0v) is 12.2. The summed E-state index contributed by atoms with van der Waals surface area (Å²) in [6, 6.07) is 0.0552. The van der Waals surface area contributed by atoms with Gasteiger partial charge < -0.3 is 5.11 Å². The van der Waals surface area contributed by atoms with Crippen LogP contribution in [-0.2, 0) is 16.6 Å². The number of aromatic nitrogens is 2. The predicted octanol–water partition coefficient (Wildman–Crippen LogP) is 1.16. The molecule has 0 radical (unpaired) electrons. The number of aliphatic hydroxyl groups is 1. The molecule has 1 atom stereocenters. The lowest BCUT2D eigenvalue weighted by Gasteiger charge is -2.34. The number of hydrogen-bond donors (Lipinski definition) is 2. The molecule has 1 aliphatic rings. The summed E-state index contributed by atoms with van der Waals surface area (Å²) in [5.74, 6) is 0. The average Bonchev–Trinajstić information content (AvgIpc) is 2.80. The summed E-state index contributed by atoms with van der Waals surface area (Å²) in [6.07, 6.45) is 3.68. The molecule has 1 saturated heterocycles. The number of aromatic amines is 1. The minimum absolute atomic E-state index is 0.0552. The molecule has 108 valence electrons. The highest BCUT2D eigenvalue weighted by molar-refractivity contribution is 7.89. The molecule has 0 amide bonds. The summed E-state index contributed by atoms with van der Waals surface area (Å²) < 4.78 is 27.1. The molecule has 1 unspecified atom stereocenters. The maximum absolute atomic E-state index is 12.8. The van der Waals surface area contributed by atoms with E-state index in [0.717, 1.165) is 25.7 Å². The number of aryl methyl sites for hydroxylation is 1. The number of H-pyrrole nitrogens is 1. The van der Waals surface area contributed by atoms with E-state index in [4.69, 9.17) is 0 Å². The highest BCUT2D eigenvalue weighted by atomic mass is 32.2. The molecule has 2 N–H and O–H groups in total. The Labute approximate surface area is 113 Å². The number of rotatable bonds is 4. The van der Waals surface area contributed by atoms with Gasteiger partial charge in [0, 0.05) is 12.6 Å². The molecule has 0 aliphatic carbocycles. The fraction of sp³-hybridized carbons (Fsp3) is 0.750. The van der Waals surface area contributed by atoms with Gasteiger partial charge in [0.1, 0.15) is 10.6 Å². The number of aliphatic hydroxyl groups excluding tert-OH is 1. The molecular formula is C12H21N3O3S. The monoisotopic (exact) mass is 287 g/mol. The molecule has 6 nitrogen and oxygen atoms in total. The third-order valence-electron chi connectivity index (χ3n) is 3.72. The van der Waals surface area contributed by atoms with Gasteiger partial charge in [-0.2, -0.15) is 9.40 Å². The van der Waals surface area contributed by atoms with Gasteiger partial charge in [-0.05, 0) is 26.2 Å². The van der Waals surface area contributed by atoms with E-state index in [9.17, 15) is 13.5 Å². The van der Waals surface area contributed by atoms with Crippen molar-refractivity contribution in [1.29, 1.82) is 0 Å². The standard InChI is InChI=1S/C12H21N3O3S/c1-3-10-6-4-5-7-15(10)19(17,18)12-9(2)13-14-11(12)8-16/h10,16H,3-8H2,1-2H3,(H,13,14). The first-order chi connectivity index (χ1) is 9.02. The minimum atomic E-state index is -3.57. The van der Waals surface area contributed by atoms with Crippen molar-refractivity contribution < 1.29 is 13.5 Å². The average molecular weight is 287 g/mol. The lowest BCUT2D eigenvalue weighted by molar-refractivity contribution is 0.244. The Bertz CT molecular complexity index is 538. The molecule has 1 aromatic rings. The fourth-order valence-electron chi connectivity index (χ4n) is 2.73. The van der Waals surface area contributed by atoms with Crippen LogP contribution in [0.4, 0.5) is 0 Å². The van der Waals surface area contributed by atoms with Gasteiger partial charge in [0.05, 0.1) is 12.3 Å². The summed E-state index contributed by atoms with van der Waals surface area (Å²) in [5, 5.41) is 15.8. The van der Waals surface area contributed by atoms with Gasteiger partial charge >= 0.3 is 0 Å². The van der Waals surface area contributed by atoms with Crippen molar-refractivity contribution in [3.63, 3.8) is 0 Å². The fourth-order valence-corrected chi connectivity index (χ4v) is 4.83. The second kappa shape index (κ2) is 5.60. The van der Waals surface area contributed by atoms with Crippen molar-refractivity contribution in [3.05, 3.63) is 11.4 Å². The van der Waals surface area contributed by atoms with Crippen LogP contribution in [0.25, 0.3) is 0 Å². The summed E-state index contributed by atoms with van der Waals surface area (Å²) in [4.78, 5) is 0.148. The lowest BCUT2D eigenvalue weighted by Crippen LogP contribution is -2.43. The van der Waals surface area contributed by atoms with Crippen molar-refractivity contribution in [3.8, 4) is 0 Å². The van der Waals surface area contributed by atoms with Crippen molar-refractivity contribution in [2.75, 3.05) is 6.54 Å². The molecule has 1 aliphatic heterocycles. The topological polar surface area (TPSA) is 86.3 Å². The smallest absolute Gasteiger partial charge is 0.247 e. The number of nitrogens with zero attached hydrogens (tertiary/aromatic N) is 2. The molecule has 0 bridgehead atoms. The maximum atomic E-state index is 12.8. The van der Waals surface area contributed by atoms with Crippen LogP contribution in [0.2, 0.25) is 0 Å². The first-order valence-corrected chi connectivity index (χ1v) is 8.13. The number of nitrogens with one attached hydrogen (secondary N) is 1. The molecule has 1 fully saturated rings. The van der Waals surface area contributed by atoms with E-state index in [0.29, 0.717) is 12.2 Å². The highest BCUT2D eigenvalue weighted by Crippen LogP contribution is 2.29. The third kappa shape index (κ3) is 2.54. The van der Waals surface area contributed by atoms with Crippen LogP contribution in [-0.4, -0.2) is 40.6 Å². The van der Waals surface area contributed by atoms with Gasteiger partial charge in [-0.15, -0.1) is 0 Å². The van der Waals surface area contributed by atoms with E-state index < -0.39 is 10.0 Å². The van der Waals surface area contributed by atoms with Crippen molar-refractivity contribution in [2.45, 2.75) is 57.1 Å². The van der Waals surface area contributed by atoms with Crippen LogP contribution in [0.15, 0.2) is 4.90 Å². The Morgan fingerprint density at radius 1 is 1.47 bits per heavy atom. The Morgan fingerprint density at radius 2 is 2.21 bits per heavy atom. The molecule has 0 saturated carbocycles. The number of hydrogen-bond acceptors (Lipinski definition) is 4. The predicted molar refractivity (Wildman–Crippen MR) is 71.1 cm³/mol. The van der Waals surface area contributed by atoms with Crippen LogP contribution in [0, 0.1) is 6.92 Å². The quantitative estimate of drug-likeness (QED) is 0.870. The summed E-state index contributed by atoms with van der Waals surface area (Å²) in [5.41, 5.74) is 0.697. The van der Waals surface area contributed by atoms with Crippen molar-refractivity contribution in [1.82, 2.24) is 14.5 Å². The first kappa shape index (κ1) is 14.5. The van der Waals surface area contributed by atoms with Crippen LogP contribution in [0.3, 0.4) is 0 Å². The van der Waals surface area contributed by atoms with E-state index in [1.165, 1.54) is 0 Å². The molecule has 0 spiro atoms. The molecule has 19 heavy (non-hydrogen) atoms. The first-order valence-electron chi connectivity index (χ1n) is 6.69. The van der Waals surface area contributed by atoms with E-state index >= 15 is 0 Å². The van der Waals surface area contributed by atoms with Gasteiger partial charge in [0.25, 0.3) is 0 Å². The van der Waals surface area contributed by atoms with Gasteiger partial charge in [-0.25, -0.2) is 8.42 Å². The maximum Gasteiger partial charge on any atom is 0.247 e. The van der Waals surface area contributed by atoms with Gasteiger partial charge in [-0.1, -0.05) is 13.3 Å². The van der Waals surface area contributed by atoms with E-state index in [1.807, 2.05) is 6.92 Å². The SMILES string of the molecule is CCC1CCCCN1S(=O)(=O)c1c(CO)n[nH]c1C. The Kier molecular flexibility index (Phi) is 4.27. The number of sulfonamides is 1. The van der Waals surface area contributed by atoms with E-state index in [2.05, 4.69) is 10.2 Å². The molecule has 0 aromatic carbocycles. The normalized spacial score (nSPS) is 21.7. The summed E-state index contributed by atoms with van der Waals surface area (Å²) >= 11 is 0. The second-order valence-corrected chi connectivity index (χ2v) is 6.78. The minimum Gasteiger partial charge on any atom is -0.390 e. The van der Waals surface area contributed by atoms with Crippen LogP contribution >= 0.6 is 0 Å². The van der Waals surface area contributed by atoms with Crippen molar-refractivity contribution in [2.24, 2.45) is 0 Å². The van der Waals surface area contributed by atoms with Gasteiger partial charge in [0.2, 0.25) is 10.0 Å². The Hall–Kier alpha value is -0.920. The molecular weight excluding hydrogens is 266 g/mol. The summed E-state index contributed by atoms with van der Waals surface area (Å²) in [7, 11) is -3.57. The van der Waals surface area contributed by atoms with Crippen LogP contribution < -0.4 is 0 Å². The zero-order valence-electron chi connectivity index (χ0n) is 11.4. The second-order valence-electron chi connectivity index (χ2n) is 4.96. The largest absolute Gasteiger partial charge is 0.390 e. The van der Waals surface area contributed by atoms with E-state index in [1.54, 1.807) is 11.2 Å². The Balaban J connectivity index is 2.43. The van der Waals surface area contributed by atoms with Crippen LogP contribution in [0.1, 0.15) is 44.0 Å². The highest BCUT2D eigenvalue weighted by Gasteiger charge is 2.35. The van der Waals surface area contributed by atoms with E-state index in [-0.39, 0.29) is 23.2 Å². The van der Waals surface area contributed by atoms with Crippen molar-refractivity contribution >= 4 is 10.0 Å². The van der Waals surface area contributed by atoms with Gasteiger partial charge in [-0.3, -0.25) is 5.10 Å². The third-order valence-corrected chi connectivity index (χ3v) is 5.88. The molecule has 1 aromatic heterocycles. The molecule has 2 heterocycles. The lowest BCUT2D eigenvalue weighted by atomic mass is 10.0. The Morgan fingerprint density at radius 3 is 2.84 bits per heavy atom. The van der Waals surface area contributed by atoms with Crippen LogP contribution in [0.5, 0.6) is 0 Å². The molecule has 7 heteroatoms. The van der Waals surface area contributed by atoms with Gasteiger partial charge in [0.15, 0.2) is 0 Å².